The number of hydrogen-bond donors (Lipinski definition) is 0. The molecule has 9 heteroatoms. The molecule has 0 spiro atoms. The fraction of sp³-hybridized carbons (Fsp3) is 0.160. The molecule has 0 aliphatic heterocycles. The van der Waals surface area contributed by atoms with Crippen molar-refractivity contribution in [1.29, 1.82) is 0 Å². The number of rotatable bonds is 7. The van der Waals surface area contributed by atoms with Crippen LogP contribution < -0.4 is 19.0 Å². The summed E-state index contributed by atoms with van der Waals surface area (Å²) >= 11 is 1.43. The van der Waals surface area contributed by atoms with Crippen LogP contribution in [0.1, 0.15) is 5.56 Å². The maximum atomic E-state index is 12.7. The van der Waals surface area contributed by atoms with E-state index in [0.29, 0.717) is 34.1 Å². The molecule has 0 amide bonds. The number of benzene rings is 3. The maximum absolute atomic E-state index is 12.7. The summed E-state index contributed by atoms with van der Waals surface area (Å²) in [5, 5.41) is 1.97. The monoisotopic (exact) mass is 486 g/mol. The Hall–Kier alpha value is -3.72. The van der Waals surface area contributed by atoms with Gasteiger partial charge in [0.05, 0.1) is 32.1 Å². The van der Waals surface area contributed by atoms with Crippen molar-refractivity contribution in [3.8, 4) is 28.5 Å². The van der Waals surface area contributed by atoms with Crippen LogP contribution in [0.3, 0.4) is 0 Å². The average Bonchev–Trinajstić information content (AvgIpc) is 3.20. The summed E-state index contributed by atoms with van der Waals surface area (Å²) in [4.78, 5) is 5.46. The Morgan fingerprint density at radius 2 is 1.56 bits per heavy atom. The zero-order valence-corrected chi connectivity index (χ0v) is 19.2. The number of thiazole rings is 1. The first kappa shape index (κ1) is 23.4. The molecule has 0 atom stereocenters. The Balaban J connectivity index is 1.81. The van der Waals surface area contributed by atoms with Crippen molar-refractivity contribution in [2.24, 2.45) is 4.99 Å². The molecule has 5 nitrogen and oxygen atoms in total. The van der Waals surface area contributed by atoms with Gasteiger partial charge in [-0.2, -0.15) is 0 Å². The molecule has 0 aliphatic carbocycles. The van der Waals surface area contributed by atoms with E-state index >= 15 is 0 Å². The molecular weight excluding hydrogens is 465 g/mol. The van der Waals surface area contributed by atoms with Crippen LogP contribution >= 0.6 is 11.3 Å². The topological polar surface area (TPSA) is 45.0 Å². The van der Waals surface area contributed by atoms with Gasteiger partial charge in [-0.25, -0.2) is 4.99 Å². The molecule has 0 N–H and O–H groups in total. The minimum atomic E-state index is -4.75. The van der Waals surface area contributed by atoms with E-state index in [2.05, 4.69) is 4.74 Å². The summed E-state index contributed by atoms with van der Waals surface area (Å²) in [6.07, 6.45) is -4.75. The molecule has 0 unspecified atom stereocenters. The number of methoxy groups -OCH3 is 2. The van der Waals surface area contributed by atoms with Gasteiger partial charge in [0.25, 0.3) is 0 Å². The summed E-state index contributed by atoms with van der Waals surface area (Å²) in [5.74, 6) is 0.932. The van der Waals surface area contributed by atoms with Crippen molar-refractivity contribution in [2.45, 2.75) is 12.9 Å². The van der Waals surface area contributed by atoms with E-state index in [1.165, 1.54) is 29.5 Å². The van der Waals surface area contributed by atoms with E-state index in [4.69, 9.17) is 14.5 Å². The van der Waals surface area contributed by atoms with Crippen LogP contribution in [-0.2, 0) is 6.54 Å². The van der Waals surface area contributed by atoms with E-state index in [0.717, 1.165) is 11.3 Å². The highest BCUT2D eigenvalue weighted by atomic mass is 32.1. The standard InChI is InChI=1S/C25H21F3N2O3S/c1-31-21-12-19(13-22(14-21)32-2)29-24-30(23(16-34-24)18-8-4-3-5-9-18)15-17-7-6-10-20(11-17)33-25(26,27)28/h3-14,16H,15H2,1-2H3. The molecule has 0 radical (unpaired) electrons. The van der Waals surface area contributed by atoms with Gasteiger partial charge in [0.2, 0.25) is 0 Å². The lowest BCUT2D eigenvalue weighted by Crippen LogP contribution is -2.18. The van der Waals surface area contributed by atoms with Gasteiger partial charge in [-0.15, -0.1) is 24.5 Å². The van der Waals surface area contributed by atoms with Crippen molar-refractivity contribution in [2.75, 3.05) is 14.2 Å². The number of alkyl halides is 3. The summed E-state index contributed by atoms with van der Waals surface area (Å²) < 4.78 is 54.8. The highest BCUT2D eigenvalue weighted by Crippen LogP contribution is 2.29. The van der Waals surface area contributed by atoms with Gasteiger partial charge in [0.1, 0.15) is 17.2 Å². The molecule has 0 saturated heterocycles. The Bertz CT molecular complexity index is 1310. The summed E-state index contributed by atoms with van der Waals surface area (Å²) in [7, 11) is 3.13. The second-order valence-electron chi connectivity index (χ2n) is 7.23. The quantitative estimate of drug-likeness (QED) is 0.303. The Morgan fingerprint density at radius 3 is 2.21 bits per heavy atom. The third-order valence-corrected chi connectivity index (χ3v) is 5.76. The molecule has 0 saturated carbocycles. The summed E-state index contributed by atoms with van der Waals surface area (Å²) in [6, 6.07) is 21.0. The number of ether oxygens (including phenoxy) is 3. The van der Waals surface area contributed by atoms with Gasteiger partial charge in [0, 0.05) is 23.6 Å². The van der Waals surface area contributed by atoms with Gasteiger partial charge in [0.15, 0.2) is 4.80 Å². The fourth-order valence-electron chi connectivity index (χ4n) is 3.40. The van der Waals surface area contributed by atoms with E-state index in [9.17, 15) is 13.2 Å². The lowest BCUT2D eigenvalue weighted by atomic mass is 10.1. The SMILES string of the molecule is COc1cc(N=c2scc(-c3ccccc3)n2Cc2cccc(OC(F)(F)F)c2)cc(OC)c1. The van der Waals surface area contributed by atoms with E-state index in [1.54, 1.807) is 38.5 Å². The minimum Gasteiger partial charge on any atom is -0.497 e. The van der Waals surface area contributed by atoms with Crippen LogP contribution in [0.15, 0.2) is 83.2 Å². The highest BCUT2D eigenvalue weighted by molar-refractivity contribution is 7.07. The highest BCUT2D eigenvalue weighted by Gasteiger charge is 2.31. The maximum Gasteiger partial charge on any atom is 0.573 e. The van der Waals surface area contributed by atoms with Crippen LogP contribution in [0.5, 0.6) is 17.2 Å². The first-order valence-corrected chi connectivity index (χ1v) is 11.1. The molecule has 1 aromatic heterocycles. The second-order valence-corrected chi connectivity index (χ2v) is 8.07. The summed E-state index contributed by atoms with van der Waals surface area (Å²) in [6.45, 7) is 0.294. The third-order valence-electron chi connectivity index (χ3n) is 4.90. The molecule has 0 bridgehead atoms. The number of hydrogen-bond acceptors (Lipinski definition) is 5. The number of nitrogens with zero attached hydrogens (tertiary/aromatic N) is 2. The third kappa shape index (κ3) is 5.79. The minimum absolute atomic E-state index is 0.266. The van der Waals surface area contributed by atoms with Crippen LogP contribution in [-0.4, -0.2) is 25.1 Å². The van der Waals surface area contributed by atoms with Gasteiger partial charge in [-0.1, -0.05) is 42.5 Å². The molecule has 3 aromatic carbocycles. The van der Waals surface area contributed by atoms with Crippen molar-refractivity contribution in [3.05, 3.63) is 88.5 Å². The van der Waals surface area contributed by atoms with Gasteiger partial charge >= 0.3 is 6.36 Å². The number of halogens is 3. The molecule has 176 valence electrons. The van der Waals surface area contributed by atoms with Crippen LogP contribution in [0, 0.1) is 0 Å². The molecule has 1 heterocycles. The van der Waals surface area contributed by atoms with Crippen molar-refractivity contribution >= 4 is 17.0 Å². The smallest absolute Gasteiger partial charge is 0.497 e. The Labute approximate surface area is 198 Å². The van der Waals surface area contributed by atoms with Gasteiger partial charge < -0.3 is 18.8 Å². The van der Waals surface area contributed by atoms with Crippen LogP contribution in [0.4, 0.5) is 18.9 Å². The average molecular weight is 487 g/mol. The largest absolute Gasteiger partial charge is 0.573 e. The first-order valence-electron chi connectivity index (χ1n) is 10.2. The normalized spacial score (nSPS) is 12.0. The second kappa shape index (κ2) is 10.0. The zero-order chi connectivity index (χ0) is 24.1. The van der Waals surface area contributed by atoms with Crippen molar-refractivity contribution in [1.82, 2.24) is 4.57 Å². The molecule has 0 fully saturated rings. The van der Waals surface area contributed by atoms with Crippen molar-refractivity contribution < 1.29 is 27.4 Å². The lowest BCUT2D eigenvalue weighted by molar-refractivity contribution is -0.274. The Kier molecular flexibility index (Phi) is 6.93. The van der Waals surface area contributed by atoms with Crippen LogP contribution in [0.2, 0.25) is 0 Å². The first-order chi connectivity index (χ1) is 16.3. The zero-order valence-electron chi connectivity index (χ0n) is 18.4. The molecule has 4 aromatic rings. The molecular formula is C25H21F3N2O3S. The van der Waals surface area contributed by atoms with Crippen LogP contribution in [0.25, 0.3) is 11.3 Å². The molecule has 34 heavy (non-hydrogen) atoms. The predicted octanol–water partition coefficient (Wildman–Crippen LogP) is 6.41. The molecule has 0 aliphatic rings. The van der Waals surface area contributed by atoms with E-state index < -0.39 is 6.36 Å². The summed E-state index contributed by atoms with van der Waals surface area (Å²) in [5.41, 5.74) is 3.12. The predicted molar refractivity (Wildman–Crippen MR) is 125 cm³/mol. The van der Waals surface area contributed by atoms with Gasteiger partial charge in [-0.05, 0) is 23.3 Å². The van der Waals surface area contributed by atoms with Gasteiger partial charge in [-0.3, -0.25) is 0 Å². The van der Waals surface area contributed by atoms with Crippen molar-refractivity contribution in [3.63, 3.8) is 0 Å². The lowest BCUT2D eigenvalue weighted by Gasteiger charge is -2.12. The van der Waals surface area contributed by atoms with E-state index in [-0.39, 0.29) is 5.75 Å². The fourth-order valence-corrected chi connectivity index (χ4v) is 4.33. The van der Waals surface area contributed by atoms with E-state index in [1.807, 2.05) is 40.3 Å². The molecule has 4 rings (SSSR count). The Morgan fingerprint density at radius 1 is 0.853 bits per heavy atom. The number of aromatic nitrogens is 1.